The number of aryl methyl sites for hydroxylation is 1. The van der Waals surface area contributed by atoms with E-state index in [1.165, 1.54) is 12.4 Å². The molecule has 2 rings (SSSR count). The second kappa shape index (κ2) is 5.18. The number of nitrogen functional groups attached to an aromatic ring is 1. The maximum atomic E-state index is 13.9. The smallest absolute Gasteiger partial charge is 0.259 e. The third-order valence-corrected chi connectivity index (χ3v) is 2.58. The zero-order valence-corrected chi connectivity index (χ0v) is 10.4. The van der Waals surface area contributed by atoms with Crippen LogP contribution in [0.4, 0.5) is 10.1 Å². The highest BCUT2D eigenvalue weighted by Crippen LogP contribution is 2.30. The lowest BCUT2D eigenvalue weighted by Crippen LogP contribution is -2.00. The Morgan fingerprint density at radius 2 is 2.17 bits per heavy atom. The second-order valence-electron chi connectivity index (χ2n) is 3.58. The molecule has 0 bridgehead atoms. The lowest BCUT2D eigenvalue weighted by Gasteiger charge is -2.09. The molecule has 2 N–H and O–H groups in total. The number of halogens is 2. The zero-order valence-electron chi connectivity index (χ0n) is 9.65. The third-order valence-electron chi connectivity index (χ3n) is 2.35. The molecule has 0 amide bonds. The van der Waals surface area contributed by atoms with Crippen LogP contribution in [0.3, 0.4) is 0 Å². The van der Waals surface area contributed by atoms with Gasteiger partial charge < -0.3 is 10.5 Å². The molecule has 0 aliphatic rings. The minimum absolute atomic E-state index is 0.157. The van der Waals surface area contributed by atoms with Crippen LogP contribution in [0.5, 0.6) is 11.6 Å². The minimum atomic E-state index is -0.584. The average Bonchev–Trinajstić information content (AvgIpc) is 2.36. The molecule has 0 aliphatic carbocycles. The molecule has 1 aromatic carbocycles. The Kier molecular flexibility index (Phi) is 3.62. The van der Waals surface area contributed by atoms with Gasteiger partial charge in [-0.15, -0.1) is 0 Å². The lowest BCUT2D eigenvalue weighted by atomic mass is 10.3. The Bertz CT molecular complexity index is 577. The van der Waals surface area contributed by atoms with Crippen LogP contribution in [0.2, 0.25) is 5.02 Å². The van der Waals surface area contributed by atoms with Crippen LogP contribution >= 0.6 is 11.6 Å². The van der Waals surface area contributed by atoms with E-state index < -0.39 is 5.82 Å². The van der Waals surface area contributed by atoms with Gasteiger partial charge >= 0.3 is 0 Å². The number of hydrogen-bond acceptors (Lipinski definition) is 4. The van der Waals surface area contributed by atoms with Crippen molar-refractivity contribution in [3.63, 3.8) is 0 Å². The molecule has 0 spiro atoms. The van der Waals surface area contributed by atoms with Gasteiger partial charge in [0.05, 0.1) is 11.4 Å². The fraction of sp³-hybridized carbons (Fsp3) is 0.167. The highest BCUT2D eigenvalue weighted by atomic mass is 35.5. The summed E-state index contributed by atoms with van der Waals surface area (Å²) in [5.74, 6) is -0.475. The van der Waals surface area contributed by atoms with Gasteiger partial charge in [0.15, 0.2) is 5.75 Å². The molecule has 94 valence electrons. The maximum absolute atomic E-state index is 13.9. The van der Waals surface area contributed by atoms with Crippen LogP contribution < -0.4 is 10.5 Å². The lowest BCUT2D eigenvalue weighted by molar-refractivity contribution is 0.417. The molecule has 2 aromatic rings. The van der Waals surface area contributed by atoms with Crippen LogP contribution in [0.1, 0.15) is 12.6 Å². The highest BCUT2D eigenvalue weighted by molar-refractivity contribution is 6.30. The summed E-state index contributed by atoms with van der Waals surface area (Å²) in [5.41, 5.74) is 6.36. The number of ether oxygens (including phenoxy) is 1. The number of hydrogen-bond donors (Lipinski definition) is 1. The fourth-order valence-corrected chi connectivity index (χ4v) is 1.57. The quantitative estimate of drug-likeness (QED) is 0.868. The summed E-state index contributed by atoms with van der Waals surface area (Å²) in [6, 6.07) is 4.71. The van der Waals surface area contributed by atoms with Crippen molar-refractivity contribution in [2.24, 2.45) is 0 Å². The van der Waals surface area contributed by atoms with Gasteiger partial charge in [0.1, 0.15) is 6.33 Å². The average molecular weight is 268 g/mol. The molecule has 4 nitrogen and oxygen atoms in total. The van der Waals surface area contributed by atoms with Crippen LogP contribution in [0, 0.1) is 5.82 Å². The van der Waals surface area contributed by atoms with Gasteiger partial charge in [-0.1, -0.05) is 18.5 Å². The molecule has 0 saturated heterocycles. The first-order chi connectivity index (χ1) is 8.61. The number of anilines is 1. The number of nitrogens with two attached hydrogens (primary N) is 1. The van der Waals surface area contributed by atoms with E-state index >= 15 is 0 Å². The standard InChI is InChI=1S/C12H11ClFN3O/c1-2-9-11(14)12(17-6-16-9)18-10-5-7(13)3-4-8(10)15/h3-6H,2,15H2,1H3. The summed E-state index contributed by atoms with van der Waals surface area (Å²) < 4.78 is 19.2. The zero-order chi connectivity index (χ0) is 13.1. The van der Waals surface area contributed by atoms with Crippen molar-refractivity contribution in [1.29, 1.82) is 0 Å². The summed E-state index contributed by atoms with van der Waals surface area (Å²) in [7, 11) is 0. The SMILES string of the molecule is CCc1ncnc(Oc2cc(Cl)ccc2N)c1F. The van der Waals surface area contributed by atoms with Crippen LogP contribution in [0.15, 0.2) is 24.5 Å². The molecule has 6 heteroatoms. The van der Waals surface area contributed by atoms with Crippen molar-refractivity contribution in [3.05, 3.63) is 41.1 Å². The Labute approximate surface area is 109 Å². The Morgan fingerprint density at radius 3 is 2.89 bits per heavy atom. The van der Waals surface area contributed by atoms with E-state index in [0.29, 0.717) is 22.8 Å². The van der Waals surface area contributed by atoms with Gasteiger partial charge in [0, 0.05) is 11.1 Å². The molecular weight excluding hydrogens is 257 g/mol. The molecule has 1 aromatic heterocycles. The van der Waals surface area contributed by atoms with Gasteiger partial charge in [0.2, 0.25) is 5.82 Å². The Morgan fingerprint density at radius 1 is 1.39 bits per heavy atom. The first-order valence-electron chi connectivity index (χ1n) is 5.34. The highest BCUT2D eigenvalue weighted by Gasteiger charge is 2.13. The van der Waals surface area contributed by atoms with Crippen molar-refractivity contribution in [2.75, 3.05) is 5.73 Å². The third kappa shape index (κ3) is 2.51. The summed E-state index contributed by atoms with van der Waals surface area (Å²) in [6.07, 6.45) is 1.70. The van der Waals surface area contributed by atoms with Crippen molar-refractivity contribution in [2.45, 2.75) is 13.3 Å². The van der Waals surface area contributed by atoms with E-state index in [4.69, 9.17) is 22.1 Å². The van der Waals surface area contributed by atoms with Crippen molar-refractivity contribution in [3.8, 4) is 11.6 Å². The van der Waals surface area contributed by atoms with Gasteiger partial charge in [-0.25, -0.2) is 4.98 Å². The Hall–Kier alpha value is -1.88. The molecule has 0 radical (unpaired) electrons. The van der Waals surface area contributed by atoms with Crippen LogP contribution in [0.25, 0.3) is 0 Å². The monoisotopic (exact) mass is 267 g/mol. The Balaban J connectivity index is 2.37. The molecule has 0 unspecified atom stereocenters. The predicted octanol–water partition coefficient (Wildman–Crippen LogP) is 3.21. The summed E-state index contributed by atoms with van der Waals surface area (Å²) in [5, 5.41) is 0.448. The first kappa shape index (κ1) is 12.6. The number of nitrogens with zero attached hydrogens (tertiary/aromatic N) is 2. The van der Waals surface area contributed by atoms with Crippen molar-refractivity contribution >= 4 is 17.3 Å². The molecule has 0 saturated carbocycles. The number of aromatic nitrogens is 2. The van der Waals surface area contributed by atoms with E-state index in [0.717, 1.165) is 0 Å². The van der Waals surface area contributed by atoms with Crippen LogP contribution in [-0.2, 0) is 6.42 Å². The van der Waals surface area contributed by atoms with E-state index in [9.17, 15) is 4.39 Å². The van der Waals surface area contributed by atoms with E-state index in [-0.39, 0.29) is 11.6 Å². The molecule has 0 fully saturated rings. The summed E-state index contributed by atoms with van der Waals surface area (Å²) in [4.78, 5) is 7.56. The number of benzene rings is 1. The van der Waals surface area contributed by atoms with E-state index in [2.05, 4.69) is 9.97 Å². The molecule has 0 aliphatic heterocycles. The number of rotatable bonds is 3. The normalized spacial score (nSPS) is 10.4. The van der Waals surface area contributed by atoms with Gasteiger partial charge in [-0.2, -0.15) is 9.37 Å². The van der Waals surface area contributed by atoms with E-state index in [1.54, 1.807) is 19.1 Å². The minimum Gasteiger partial charge on any atom is -0.434 e. The predicted molar refractivity (Wildman–Crippen MR) is 67.3 cm³/mol. The molecule has 0 atom stereocenters. The van der Waals surface area contributed by atoms with Crippen molar-refractivity contribution in [1.82, 2.24) is 9.97 Å². The van der Waals surface area contributed by atoms with Crippen molar-refractivity contribution < 1.29 is 9.13 Å². The second-order valence-corrected chi connectivity index (χ2v) is 4.01. The topological polar surface area (TPSA) is 61.0 Å². The van der Waals surface area contributed by atoms with Gasteiger partial charge in [-0.3, -0.25) is 0 Å². The molecule has 1 heterocycles. The van der Waals surface area contributed by atoms with Crippen LogP contribution in [-0.4, -0.2) is 9.97 Å². The van der Waals surface area contributed by atoms with E-state index in [1.807, 2.05) is 0 Å². The first-order valence-corrected chi connectivity index (χ1v) is 5.72. The fourth-order valence-electron chi connectivity index (χ4n) is 1.41. The summed E-state index contributed by atoms with van der Waals surface area (Å²) >= 11 is 5.82. The summed E-state index contributed by atoms with van der Waals surface area (Å²) in [6.45, 7) is 1.79. The molecule has 18 heavy (non-hydrogen) atoms. The van der Waals surface area contributed by atoms with Gasteiger partial charge in [0.25, 0.3) is 5.88 Å². The maximum Gasteiger partial charge on any atom is 0.259 e. The molecular formula is C12H11ClFN3O. The largest absolute Gasteiger partial charge is 0.434 e. The van der Waals surface area contributed by atoms with Gasteiger partial charge in [-0.05, 0) is 18.6 Å².